The highest BCUT2D eigenvalue weighted by Gasteiger charge is 2.23. The number of esters is 3. The van der Waals surface area contributed by atoms with Crippen LogP contribution in [0.15, 0.2) is 115 Å². The topological polar surface area (TPSA) is 78.9 Å². The van der Waals surface area contributed by atoms with Gasteiger partial charge in [0.05, 0.1) is 0 Å². The molecule has 6 nitrogen and oxygen atoms in total. The predicted molar refractivity (Wildman–Crippen MR) is 156 cm³/mol. The molecular formula is C35H24F2O6. The number of hydrogen-bond donors (Lipinski definition) is 0. The van der Waals surface area contributed by atoms with Crippen LogP contribution < -0.4 is 9.47 Å². The first-order valence-corrected chi connectivity index (χ1v) is 13.2. The highest BCUT2D eigenvalue weighted by Crippen LogP contribution is 2.32. The van der Waals surface area contributed by atoms with E-state index in [1.165, 1.54) is 55.5 Å². The van der Waals surface area contributed by atoms with E-state index < -0.39 is 29.5 Å². The molecule has 0 heterocycles. The zero-order valence-electron chi connectivity index (χ0n) is 22.9. The van der Waals surface area contributed by atoms with E-state index >= 15 is 0 Å². The molecule has 0 aromatic heterocycles. The Kier molecular flexibility index (Phi) is 8.67. The van der Waals surface area contributed by atoms with E-state index in [0.29, 0.717) is 22.3 Å². The van der Waals surface area contributed by atoms with E-state index in [9.17, 15) is 23.2 Å². The zero-order valence-corrected chi connectivity index (χ0v) is 22.9. The minimum absolute atomic E-state index is 0.0237. The lowest BCUT2D eigenvalue weighted by molar-refractivity contribution is -0.131. The third-order valence-corrected chi connectivity index (χ3v) is 6.42. The lowest BCUT2D eigenvalue weighted by Gasteiger charge is -2.14. The quantitative estimate of drug-likeness (QED) is 0.138. The molecule has 0 spiro atoms. The smallest absolute Gasteiger partial charge is 0.347 e. The molecule has 5 rings (SSSR count). The Hall–Kier alpha value is -5.63. The van der Waals surface area contributed by atoms with Crippen molar-refractivity contribution < 1.29 is 37.4 Å². The van der Waals surface area contributed by atoms with Gasteiger partial charge >= 0.3 is 17.9 Å². The van der Waals surface area contributed by atoms with Crippen molar-refractivity contribution in [2.45, 2.75) is 13.5 Å². The largest absolute Gasteiger partial charge is 0.457 e. The van der Waals surface area contributed by atoms with Crippen LogP contribution in [-0.2, 0) is 16.1 Å². The standard InChI is InChI=1S/C35H24F2O6/c1-22(38)42-32-17-11-27(25-9-15-29(37)16-10-25)20-31(32)35(40)43-33-18-12-26(24-7-13-28(36)14-8-24)19-30(33)34(39)41-21-23-5-3-2-4-6-23/h2-20H,21H2,1H3. The number of halogens is 2. The van der Waals surface area contributed by atoms with Crippen molar-refractivity contribution in [2.75, 3.05) is 0 Å². The number of rotatable bonds is 8. The van der Waals surface area contributed by atoms with E-state index in [0.717, 1.165) is 5.56 Å². The van der Waals surface area contributed by atoms with Crippen LogP contribution in [0.25, 0.3) is 22.3 Å². The van der Waals surface area contributed by atoms with Crippen molar-refractivity contribution in [3.8, 4) is 33.8 Å². The predicted octanol–water partition coefficient (Wildman–Crippen LogP) is 7.80. The molecule has 5 aromatic carbocycles. The van der Waals surface area contributed by atoms with Gasteiger partial charge in [0.15, 0.2) is 0 Å². The molecule has 0 bridgehead atoms. The molecule has 0 saturated heterocycles. The molecule has 0 atom stereocenters. The summed E-state index contributed by atoms with van der Waals surface area (Å²) >= 11 is 0. The van der Waals surface area contributed by atoms with E-state index in [1.54, 1.807) is 48.5 Å². The first kappa shape index (κ1) is 28.9. The first-order valence-electron chi connectivity index (χ1n) is 13.2. The molecule has 0 saturated carbocycles. The fraction of sp³-hybridized carbons (Fsp3) is 0.0571. The van der Waals surface area contributed by atoms with Gasteiger partial charge in [-0.15, -0.1) is 0 Å². The van der Waals surface area contributed by atoms with Gasteiger partial charge in [0.25, 0.3) is 0 Å². The van der Waals surface area contributed by atoms with Crippen LogP contribution in [0.2, 0.25) is 0 Å². The minimum Gasteiger partial charge on any atom is -0.457 e. The summed E-state index contributed by atoms with van der Waals surface area (Å²) in [5.74, 6) is -3.31. The van der Waals surface area contributed by atoms with Gasteiger partial charge < -0.3 is 14.2 Å². The molecule has 43 heavy (non-hydrogen) atoms. The van der Waals surface area contributed by atoms with Crippen LogP contribution >= 0.6 is 0 Å². The van der Waals surface area contributed by atoms with E-state index in [-0.39, 0.29) is 29.2 Å². The Balaban J connectivity index is 1.50. The van der Waals surface area contributed by atoms with Crippen LogP contribution in [0.4, 0.5) is 8.78 Å². The van der Waals surface area contributed by atoms with Crippen molar-refractivity contribution >= 4 is 17.9 Å². The molecule has 214 valence electrons. The summed E-state index contributed by atoms with van der Waals surface area (Å²) in [4.78, 5) is 38.6. The average Bonchev–Trinajstić information content (AvgIpc) is 3.01. The number of carbonyl (C=O) groups is 3. The molecule has 0 aliphatic heterocycles. The highest BCUT2D eigenvalue weighted by atomic mass is 19.1. The summed E-state index contributed by atoms with van der Waals surface area (Å²) in [6.45, 7) is 1.17. The SMILES string of the molecule is CC(=O)Oc1ccc(-c2ccc(F)cc2)cc1C(=O)Oc1ccc(-c2ccc(F)cc2)cc1C(=O)OCc1ccccc1. The summed E-state index contributed by atoms with van der Waals surface area (Å²) in [6.07, 6.45) is 0. The third kappa shape index (κ3) is 7.18. The van der Waals surface area contributed by atoms with E-state index in [1.807, 2.05) is 18.2 Å². The number of hydrogen-bond acceptors (Lipinski definition) is 6. The summed E-state index contributed by atoms with van der Waals surface area (Å²) in [6, 6.07) is 29.5. The van der Waals surface area contributed by atoms with E-state index in [4.69, 9.17) is 14.2 Å². The maximum absolute atomic E-state index is 13.5. The molecule has 0 fully saturated rings. The second kappa shape index (κ2) is 12.9. The highest BCUT2D eigenvalue weighted by molar-refractivity contribution is 5.99. The van der Waals surface area contributed by atoms with Crippen molar-refractivity contribution in [1.29, 1.82) is 0 Å². The van der Waals surface area contributed by atoms with Gasteiger partial charge in [0, 0.05) is 6.92 Å². The summed E-state index contributed by atoms with van der Waals surface area (Å²) in [7, 11) is 0. The normalized spacial score (nSPS) is 10.6. The molecular weight excluding hydrogens is 554 g/mol. The van der Waals surface area contributed by atoms with Crippen molar-refractivity contribution in [1.82, 2.24) is 0 Å². The molecule has 0 N–H and O–H groups in total. The second-order valence-electron chi connectivity index (χ2n) is 9.48. The Bertz CT molecular complexity index is 1780. The van der Waals surface area contributed by atoms with Gasteiger partial charge in [-0.3, -0.25) is 4.79 Å². The summed E-state index contributed by atoms with van der Waals surface area (Å²) in [5.41, 5.74) is 2.95. The van der Waals surface area contributed by atoms with Gasteiger partial charge in [-0.05, 0) is 76.3 Å². The Morgan fingerprint density at radius 1 is 0.558 bits per heavy atom. The minimum atomic E-state index is -0.910. The van der Waals surface area contributed by atoms with Gasteiger partial charge in [-0.2, -0.15) is 0 Å². The number of carbonyl (C=O) groups excluding carboxylic acids is 3. The summed E-state index contributed by atoms with van der Waals surface area (Å²) in [5, 5.41) is 0. The van der Waals surface area contributed by atoms with Crippen LogP contribution in [-0.4, -0.2) is 17.9 Å². The maximum atomic E-state index is 13.5. The maximum Gasteiger partial charge on any atom is 0.347 e. The van der Waals surface area contributed by atoms with Gasteiger partial charge in [0.1, 0.15) is 40.9 Å². The summed E-state index contributed by atoms with van der Waals surface area (Å²) < 4.78 is 43.5. The van der Waals surface area contributed by atoms with Crippen LogP contribution in [0, 0.1) is 11.6 Å². The lowest BCUT2D eigenvalue weighted by Crippen LogP contribution is -2.15. The van der Waals surface area contributed by atoms with Gasteiger partial charge in [-0.25, -0.2) is 18.4 Å². The lowest BCUT2D eigenvalue weighted by atomic mass is 10.0. The Morgan fingerprint density at radius 2 is 1.02 bits per heavy atom. The van der Waals surface area contributed by atoms with Crippen molar-refractivity contribution in [3.63, 3.8) is 0 Å². The molecule has 5 aromatic rings. The molecule has 0 radical (unpaired) electrons. The van der Waals surface area contributed by atoms with Crippen LogP contribution in [0.5, 0.6) is 11.5 Å². The van der Waals surface area contributed by atoms with Crippen LogP contribution in [0.3, 0.4) is 0 Å². The fourth-order valence-electron chi connectivity index (χ4n) is 4.31. The monoisotopic (exact) mass is 578 g/mol. The average molecular weight is 579 g/mol. The van der Waals surface area contributed by atoms with Crippen molar-refractivity contribution in [3.05, 3.63) is 144 Å². The number of benzene rings is 5. The molecule has 0 unspecified atom stereocenters. The first-order chi connectivity index (χ1) is 20.8. The second-order valence-corrected chi connectivity index (χ2v) is 9.48. The number of ether oxygens (including phenoxy) is 3. The molecule has 0 aliphatic carbocycles. The Morgan fingerprint density at radius 3 is 1.53 bits per heavy atom. The van der Waals surface area contributed by atoms with Crippen molar-refractivity contribution in [2.24, 2.45) is 0 Å². The fourth-order valence-corrected chi connectivity index (χ4v) is 4.31. The van der Waals surface area contributed by atoms with Crippen LogP contribution in [0.1, 0.15) is 33.2 Å². The molecule has 8 heteroatoms. The molecule has 0 aliphatic rings. The van der Waals surface area contributed by atoms with E-state index in [2.05, 4.69) is 0 Å². The zero-order chi connectivity index (χ0) is 30.3. The van der Waals surface area contributed by atoms with Gasteiger partial charge in [0.2, 0.25) is 0 Å². The Labute approximate surface area is 246 Å². The third-order valence-electron chi connectivity index (χ3n) is 6.42. The molecule has 0 amide bonds. The van der Waals surface area contributed by atoms with Gasteiger partial charge in [-0.1, -0.05) is 66.7 Å².